The van der Waals surface area contributed by atoms with E-state index in [1.165, 1.54) is 0 Å². The number of likely N-dealkylation sites (N-methyl/N-ethyl adjacent to an activating group) is 1. The molecule has 2 aromatic carbocycles. The Labute approximate surface area is 303 Å². The van der Waals surface area contributed by atoms with Gasteiger partial charge in [0.25, 0.3) is 0 Å². The van der Waals surface area contributed by atoms with Crippen LogP contribution in [0.15, 0.2) is 54.7 Å². The number of hydrogen-bond acceptors (Lipinski definition) is 9. The quantitative estimate of drug-likeness (QED) is 0.185. The number of ether oxygens (including phenoxy) is 2. The van der Waals surface area contributed by atoms with Crippen LogP contribution >= 0.6 is 11.6 Å². The molecule has 4 aromatic rings. The number of piperazine rings is 1. The van der Waals surface area contributed by atoms with Crippen molar-refractivity contribution in [2.24, 2.45) is 0 Å². The van der Waals surface area contributed by atoms with Crippen molar-refractivity contribution in [3.63, 3.8) is 0 Å². The summed E-state index contributed by atoms with van der Waals surface area (Å²) in [6.07, 6.45) is 9.82. The lowest BCUT2D eigenvalue weighted by Gasteiger charge is -2.37. The summed E-state index contributed by atoms with van der Waals surface area (Å²) in [5, 5.41) is 2.66. The largest absolute Gasteiger partial charge is 0.461 e. The number of carbonyl (C=O) groups is 1. The van der Waals surface area contributed by atoms with Gasteiger partial charge in [0.05, 0.1) is 23.6 Å². The van der Waals surface area contributed by atoms with Gasteiger partial charge in [-0.15, -0.1) is 0 Å². The first-order valence-electron chi connectivity index (χ1n) is 18.3. The molecule has 4 saturated heterocycles. The Morgan fingerprint density at radius 2 is 1.94 bits per heavy atom. The first-order chi connectivity index (χ1) is 24.9. The summed E-state index contributed by atoms with van der Waals surface area (Å²) in [6, 6.07) is 11.9. The molecule has 0 N–H and O–H groups in total. The fourth-order valence-electron chi connectivity index (χ4n) is 8.60. The molecule has 10 nitrogen and oxygen atoms in total. The van der Waals surface area contributed by atoms with E-state index in [1.54, 1.807) is 18.3 Å². The van der Waals surface area contributed by atoms with E-state index in [9.17, 15) is 4.79 Å². The van der Waals surface area contributed by atoms with Gasteiger partial charge in [0, 0.05) is 73.6 Å². The summed E-state index contributed by atoms with van der Waals surface area (Å²) in [5.74, 6) is 0.00779. The number of morpholine rings is 1. The van der Waals surface area contributed by atoms with Crippen LogP contribution in [0.4, 0.5) is 10.2 Å². The van der Waals surface area contributed by atoms with Gasteiger partial charge in [-0.25, -0.2) is 4.39 Å². The maximum absolute atomic E-state index is 16.8. The van der Waals surface area contributed by atoms with Crippen LogP contribution in [0.25, 0.3) is 32.9 Å². The van der Waals surface area contributed by atoms with Crippen molar-refractivity contribution >= 4 is 45.0 Å². The smallest absolute Gasteiger partial charge is 0.319 e. The van der Waals surface area contributed by atoms with Gasteiger partial charge < -0.3 is 19.3 Å². The first kappa shape index (κ1) is 34.2. The second-order valence-electron chi connectivity index (χ2n) is 14.2. The lowest BCUT2D eigenvalue weighted by atomic mass is 9.94. The number of fused-ring (bicyclic) bond motifs is 4. The summed E-state index contributed by atoms with van der Waals surface area (Å²) >= 11 is 6.65. The van der Waals surface area contributed by atoms with E-state index < -0.39 is 5.82 Å². The molecular formula is C39H45ClFN7O3. The molecule has 4 fully saturated rings. The molecule has 4 aliphatic heterocycles. The van der Waals surface area contributed by atoms with E-state index in [0.717, 1.165) is 69.2 Å². The third-order valence-corrected chi connectivity index (χ3v) is 11.8. The highest BCUT2D eigenvalue weighted by atomic mass is 35.5. The molecule has 2 aromatic heterocycles. The Bertz CT molecular complexity index is 1970. The lowest BCUT2D eigenvalue weighted by Crippen LogP contribution is -2.49. The van der Waals surface area contributed by atoms with E-state index in [-0.39, 0.29) is 28.7 Å². The number of rotatable bonds is 10. The van der Waals surface area contributed by atoms with Crippen LogP contribution in [0.3, 0.4) is 0 Å². The van der Waals surface area contributed by atoms with Gasteiger partial charge in [-0.2, -0.15) is 9.97 Å². The zero-order valence-electron chi connectivity index (χ0n) is 29.4. The van der Waals surface area contributed by atoms with Crippen LogP contribution in [0.2, 0.25) is 5.02 Å². The topological polar surface area (TPSA) is 87.2 Å². The second kappa shape index (κ2) is 14.3. The summed E-state index contributed by atoms with van der Waals surface area (Å²) < 4.78 is 29.0. The van der Waals surface area contributed by atoms with Crippen molar-refractivity contribution in [1.29, 1.82) is 0 Å². The van der Waals surface area contributed by atoms with Crippen LogP contribution in [0.5, 0.6) is 6.01 Å². The standard InChI is InChI=1S/C39H45ClFN7O3/c1-3-39(14-8-16-48(39)4-2)25-51-38-43-36-30(22-42-35(34(36)41)29-11-5-9-26-10-6-12-31(40)33(26)29)37(44-38)46-19-17-45(18-20-46)32(49)13-7-15-47-23-28-21-27(47)24-50-28/h5-7,9-13,22,27-28H,3-4,8,14-21,23-25H2,1-2H3/b13-7+. The average Bonchev–Trinajstić information content (AvgIpc) is 3.91. The van der Waals surface area contributed by atoms with Crippen molar-refractivity contribution in [2.75, 3.05) is 70.5 Å². The fraction of sp³-hybridized carbons (Fsp3) is 0.487. The normalized spacial score (nSPS) is 24.2. The predicted octanol–water partition coefficient (Wildman–Crippen LogP) is 5.96. The number of hydrogen-bond donors (Lipinski definition) is 0. The molecule has 2 bridgehead atoms. The van der Waals surface area contributed by atoms with Gasteiger partial charge in [-0.05, 0) is 50.2 Å². The average molecular weight is 714 g/mol. The molecular weight excluding hydrogens is 669 g/mol. The van der Waals surface area contributed by atoms with Gasteiger partial charge in [0.1, 0.15) is 23.6 Å². The maximum atomic E-state index is 16.8. The molecule has 4 aliphatic rings. The zero-order chi connectivity index (χ0) is 35.1. The van der Waals surface area contributed by atoms with E-state index >= 15 is 4.39 Å². The third kappa shape index (κ3) is 6.43. The highest BCUT2D eigenvalue weighted by Crippen LogP contribution is 2.38. The Kier molecular flexibility index (Phi) is 9.56. The Morgan fingerprint density at radius 1 is 1.12 bits per heavy atom. The minimum absolute atomic E-state index is 0.000156. The molecule has 3 atom stereocenters. The van der Waals surface area contributed by atoms with Crippen LogP contribution in [0.1, 0.15) is 39.5 Å². The molecule has 51 heavy (non-hydrogen) atoms. The first-order valence-corrected chi connectivity index (χ1v) is 18.7. The highest BCUT2D eigenvalue weighted by molar-refractivity contribution is 6.36. The molecule has 0 aliphatic carbocycles. The van der Waals surface area contributed by atoms with Crippen LogP contribution < -0.4 is 9.64 Å². The molecule has 0 spiro atoms. The molecule has 1 amide bonds. The Balaban J connectivity index is 1.08. The van der Waals surface area contributed by atoms with Crippen molar-refractivity contribution in [2.45, 2.75) is 57.2 Å². The van der Waals surface area contributed by atoms with Crippen LogP contribution in [0, 0.1) is 5.82 Å². The number of aromatic nitrogens is 3. The van der Waals surface area contributed by atoms with E-state index in [2.05, 4.69) is 33.5 Å². The Hall–Kier alpha value is -3.90. The van der Waals surface area contributed by atoms with Crippen molar-refractivity contribution in [3.8, 4) is 17.3 Å². The van der Waals surface area contributed by atoms with Crippen molar-refractivity contribution < 1.29 is 18.7 Å². The van der Waals surface area contributed by atoms with E-state index in [4.69, 9.17) is 31.0 Å². The van der Waals surface area contributed by atoms with Crippen LogP contribution in [-0.2, 0) is 9.53 Å². The van der Waals surface area contributed by atoms with E-state index in [0.29, 0.717) is 66.7 Å². The molecule has 3 unspecified atom stereocenters. The zero-order valence-corrected chi connectivity index (χ0v) is 30.1. The van der Waals surface area contributed by atoms with Gasteiger partial charge in [-0.1, -0.05) is 61.9 Å². The number of likely N-dealkylation sites (tertiary alicyclic amines) is 2. The van der Waals surface area contributed by atoms with E-state index in [1.807, 2.05) is 41.3 Å². The monoisotopic (exact) mass is 713 g/mol. The van der Waals surface area contributed by atoms with Gasteiger partial charge >= 0.3 is 6.01 Å². The summed E-state index contributed by atoms with van der Waals surface area (Å²) in [4.78, 5) is 36.2. The minimum atomic E-state index is -0.550. The molecule has 6 heterocycles. The lowest BCUT2D eigenvalue weighted by molar-refractivity contribution is -0.126. The third-order valence-electron chi connectivity index (χ3n) is 11.5. The van der Waals surface area contributed by atoms with Gasteiger partial charge in [0.15, 0.2) is 5.82 Å². The molecule has 8 rings (SSSR count). The number of amides is 1. The summed E-state index contributed by atoms with van der Waals surface area (Å²) in [7, 11) is 0. The number of carbonyl (C=O) groups excluding carboxylic acids is 1. The summed E-state index contributed by atoms with van der Waals surface area (Å²) in [5.41, 5.74) is 0.804. The molecule has 12 heteroatoms. The fourth-order valence-corrected chi connectivity index (χ4v) is 8.88. The van der Waals surface area contributed by atoms with Crippen molar-refractivity contribution in [1.82, 2.24) is 29.7 Å². The predicted molar refractivity (Wildman–Crippen MR) is 198 cm³/mol. The minimum Gasteiger partial charge on any atom is -0.461 e. The van der Waals surface area contributed by atoms with Crippen molar-refractivity contribution in [3.05, 3.63) is 65.6 Å². The van der Waals surface area contributed by atoms with Gasteiger partial charge in [0.2, 0.25) is 5.91 Å². The van der Waals surface area contributed by atoms with Gasteiger partial charge in [-0.3, -0.25) is 19.6 Å². The molecule has 0 radical (unpaired) electrons. The SMILES string of the molecule is CCN1CCCC1(CC)COc1nc(N2CCN(C(=O)/C=C/CN3CC4CC3CO4)CC2)c2cnc(-c3cccc4cccc(Cl)c34)c(F)c2n1. The molecule has 268 valence electrons. The Morgan fingerprint density at radius 3 is 2.69 bits per heavy atom. The van der Waals surface area contributed by atoms with Crippen LogP contribution in [-0.4, -0.2) is 119 Å². The highest BCUT2D eigenvalue weighted by Gasteiger charge is 2.40. The second-order valence-corrected chi connectivity index (χ2v) is 14.6. The number of benzene rings is 2. The molecule has 0 saturated carbocycles. The number of pyridine rings is 1. The summed E-state index contributed by atoms with van der Waals surface area (Å²) in [6.45, 7) is 11.3. The number of nitrogens with zero attached hydrogens (tertiary/aromatic N) is 7. The number of halogens is 2. The maximum Gasteiger partial charge on any atom is 0.319 e. The number of anilines is 1.